The van der Waals surface area contributed by atoms with Crippen LogP contribution in [0.5, 0.6) is 17.2 Å². The molecule has 3 unspecified atom stereocenters. The molecule has 1 N–H and O–H groups in total. The summed E-state index contributed by atoms with van der Waals surface area (Å²) in [6, 6.07) is 4.40. The number of Topliss-reactive ketones (excluding diaryl/α,β-unsaturated/α-hetero) is 1. The Balaban J connectivity index is 1.30. The molecule has 2 fully saturated rings. The van der Waals surface area contributed by atoms with Crippen molar-refractivity contribution >= 4 is 32.9 Å². The molecular formula is C26H28N4O9S. The molecule has 2 amide bonds. The van der Waals surface area contributed by atoms with E-state index in [1.54, 1.807) is 6.07 Å². The summed E-state index contributed by atoms with van der Waals surface area (Å²) in [5.41, 5.74) is -0.119. The summed E-state index contributed by atoms with van der Waals surface area (Å²) in [5.74, 6) is 0.0862. The van der Waals surface area contributed by atoms with Crippen molar-refractivity contribution in [3.05, 3.63) is 48.3 Å². The normalized spacial score (nSPS) is 20.9. The molecule has 14 heteroatoms. The van der Waals surface area contributed by atoms with Gasteiger partial charge in [0.25, 0.3) is 15.1 Å². The Labute approximate surface area is 230 Å². The molecule has 3 atom stereocenters. The minimum absolute atomic E-state index is 0.00791. The van der Waals surface area contributed by atoms with Gasteiger partial charge < -0.3 is 24.4 Å². The van der Waals surface area contributed by atoms with Crippen molar-refractivity contribution in [1.29, 1.82) is 0 Å². The lowest BCUT2D eigenvalue weighted by molar-refractivity contribution is -0.138. The Morgan fingerprint density at radius 2 is 1.95 bits per heavy atom. The van der Waals surface area contributed by atoms with E-state index in [9.17, 15) is 27.6 Å². The van der Waals surface area contributed by atoms with Crippen LogP contribution in [0.2, 0.25) is 0 Å². The number of sulfonamides is 1. The fourth-order valence-corrected chi connectivity index (χ4v) is 6.70. The molecule has 0 radical (unpaired) electrons. The van der Waals surface area contributed by atoms with Crippen LogP contribution in [0.15, 0.2) is 42.7 Å². The topological polar surface area (TPSA) is 162 Å². The molecule has 0 aliphatic carbocycles. The fourth-order valence-electron chi connectivity index (χ4n) is 5.19. The van der Waals surface area contributed by atoms with Crippen LogP contribution >= 0.6 is 0 Å². The summed E-state index contributed by atoms with van der Waals surface area (Å²) < 4.78 is 43.1. The summed E-state index contributed by atoms with van der Waals surface area (Å²) in [4.78, 5) is 57.3. The van der Waals surface area contributed by atoms with Gasteiger partial charge in [0.15, 0.2) is 17.3 Å². The number of nitrogens with zero attached hydrogens (tertiary/aromatic N) is 3. The van der Waals surface area contributed by atoms with Crippen LogP contribution in [0.1, 0.15) is 37.0 Å². The third-order valence-electron chi connectivity index (χ3n) is 6.95. The van der Waals surface area contributed by atoms with Crippen LogP contribution in [0.3, 0.4) is 0 Å². The summed E-state index contributed by atoms with van der Waals surface area (Å²) in [7, 11) is -4.54. The number of nitrogens with one attached hydrogen (secondary N) is 1. The highest BCUT2D eigenvalue weighted by Crippen LogP contribution is 2.36. The number of ketones is 1. The van der Waals surface area contributed by atoms with Crippen molar-refractivity contribution in [2.75, 3.05) is 19.9 Å². The smallest absolute Gasteiger partial charge is 0.413 e. The maximum atomic E-state index is 13.6. The molecule has 2 saturated heterocycles. The zero-order chi connectivity index (χ0) is 28.6. The second kappa shape index (κ2) is 10.8. The molecule has 2 aromatic rings. The molecule has 1 aromatic heterocycles. The minimum atomic E-state index is -4.54. The Kier molecular flexibility index (Phi) is 7.47. The molecule has 4 heterocycles. The summed E-state index contributed by atoms with van der Waals surface area (Å²) in [5, 5.41) is 1.43. The van der Waals surface area contributed by atoms with Gasteiger partial charge in [-0.25, -0.2) is 13.2 Å². The number of likely N-dealkylation sites (tertiary alicyclic amines) is 1. The average Bonchev–Trinajstić information content (AvgIpc) is 3.64. The lowest BCUT2D eigenvalue weighted by Gasteiger charge is -2.28. The lowest BCUT2D eigenvalue weighted by Crippen LogP contribution is -2.53. The quantitative estimate of drug-likeness (QED) is 0.512. The van der Waals surface area contributed by atoms with Gasteiger partial charge in [-0.15, -0.1) is 0 Å². The molecule has 3 aliphatic heterocycles. The van der Waals surface area contributed by atoms with Gasteiger partial charge in [-0.05, 0) is 43.0 Å². The predicted molar refractivity (Wildman–Crippen MR) is 138 cm³/mol. The number of amides is 2. The van der Waals surface area contributed by atoms with Crippen LogP contribution in [0, 0.1) is 5.92 Å². The number of aromatic nitrogens is 1. The van der Waals surface area contributed by atoms with E-state index < -0.39 is 57.6 Å². The number of fused-ring (bicyclic) bond motifs is 2. The molecular weight excluding hydrogens is 544 g/mol. The monoisotopic (exact) mass is 572 g/mol. The summed E-state index contributed by atoms with van der Waals surface area (Å²) in [6.45, 7) is 3.36. The van der Waals surface area contributed by atoms with E-state index in [1.165, 1.54) is 35.4 Å². The zero-order valence-corrected chi connectivity index (χ0v) is 22.6. The Bertz CT molecular complexity index is 1450. The molecule has 3 aliphatic rings. The number of carbonyl (C=O) groups is 4. The molecule has 1 aromatic carbocycles. The molecule has 40 heavy (non-hydrogen) atoms. The van der Waals surface area contributed by atoms with Gasteiger partial charge in [0.1, 0.15) is 17.8 Å². The number of ether oxygens (including phenoxy) is 3. The maximum Gasteiger partial charge on any atom is 0.413 e. The first-order valence-corrected chi connectivity index (χ1v) is 14.2. The highest BCUT2D eigenvalue weighted by atomic mass is 32.2. The molecule has 5 rings (SSSR count). The minimum Gasteiger partial charge on any atom is -0.454 e. The first kappa shape index (κ1) is 27.5. The maximum absolute atomic E-state index is 13.6. The highest BCUT2D eigenvalue weighted by molar-refractivity contribution is 8.04. The number of rotatable bonds is 7. The van der Waals surface area contributed by atoms with Gasteiger partial charge in [0, 0.05) is 25.0 Å². The second-order valence-corrected chi connectivity index (χ2v) is 11.9. The SMILES string of the molecule is CC(C)CC(NC(=O)Oc1ccc2c(c1)OCO2)C(=O)N1CCC2C1C(=O)CN2S(=O)(=O)C(=O)c1cccnc1. The van der Waals surface area contributed by atoms with Crippen LogP contribution in [0.4, 0.5) is 4.79 Å². The number of pyridine rings is 1. The predicted octanol–water partition coefficient (Wildman–Crippen LogP) is 1.34. The third kappa shape index (κ3) is 5.23. The van der Waals surface area contributed by atoms with Gasteiger partial charge >= 0.3 is 6.09 Å². The zero-order valence-electron chi connectivity index (χ0n) is 21.8. The van der Waals surface area contributed by atoms with Gasteiger partial charge in [-0.1, -0.05) is 13.8 Å². The van der Waals surface area contributed by atoms with E-state index >= 15 is 0 Å². The molecule has 0 spiro atoms. The van der Waals surface area contributed by atoms with Gasteiger partial charge in [-0.2, -0.15) is 4.31 Å². The van der Waals surface area contributed by atoms with Gasteiger partial charge in [-0.3, -0.25) is 19.4 Å². The van der Waals surface area contributed by atoms with E-state index in [0.717, 1.165) is 10.5 Å². The van der Waals surface area contributed by atoms with Crippen LogP contribution < -0.4 is 19.5 Å². The molecule has 13 nitrogen and oxygen atoms in total. The molecule has 0 saturated carbocycles. The van der Waals surface area contributed by atoms with Crippen molar-refractivity contribution < 1.29 is 41.8 Å². The molecule has 0 bridgehead atoms. The highest BCUT2D eigenvalue weighted by Gasteiger charge is 2.55. The van der Waals surface area contributed by atoms with Gasteiger partial charge in [0.2, 0.25) is 12.7 Å². The first-order valence-electron chi connectivity index (χ1n) is 12.7. The van der Waals surface area contributed by atoms with E-state index in [1.807, 2.05) is 13.8 Å². The first-order chi connectivity index (χ1) is 19.1. The number of hydrogen-bond acceptors (Lipinski definition) is 10. The fraction of sp³-hybridized carbons (Fsp3) is 0.423. The third-order valence-corrected chi connectivity index (χ3v) is 8.67. The lowest BCUT2D eigenvalue weighted by atomic mass is 10.0. The largest absolute Gasteiger partial charge is 0.454 e. The van der Waals surface area contributed by atoms with E-state index in [4.69, 9.17) is 14.2 Å². The van der Waals surface area contributed by atoms with Crippen molar-refractivity contribution in [2.45, 2.75) is 44.8 Å². The number of hydrogen-bond donors (Lipinski definition) is 1. The number of benzene rings is 1. The molecule has 212 valence electrons. The van der Waals surface area contributed by atoms with E-state index in [2.05, 4.69) is 10.3 Å². The number of carbonyl (C=O) groups excluding carboxylic acids is 4. The Hall–Kier alpha value is -4.04. The standard InChI is InChI=1S/C26H28N4O9S/c1-15(2)10-18(28-26(34)39-17-5-6-21-22(11-17)38-14-37-21)24(32)29-9-7-19-23(29)20(31)13-30(19)40(35,36)25(33)16-4-3-8-27-12-16/h3-6,8,11-12,15,18-19,23H,7,9-10,13-14H2,1-2H3,(H,28,34). The van der Waals surface area contributed by atoms with Crippen LogP contribution in [-0.2, 0) is 19.6 Å². The summed E-state index contributed by atoms with van der Waals surface area (Å²) in [6.07, 6.45) is 2.09. The van der Waals surface area contributed by atoms with E-state index in [-0.39, 0.29) is 43.4 Å². The Morgan fingerprint density at radius 3 is 2.67 bits per heavy atom. The van der Waals surface area contributed by atoms with Crippen molar-refractivity contribution in [3.8, 4) is 17.2 Å². The van der Waals surface area contributed by atoms with Crippen LogP contribution in [-0.4, -0.2) is 83.5 Å². The summed E-state index contributed by atoms with van der Waals surface area (Å²) >= 11 is 0. The van der Waals surface area contributed by atoms with Crippen LogP contribution in [0.25, 0.3) is 0 Å². The van der Waals surface area contributed by atoms with Gasteiger partial charge in [0.05, 0.1) is 18.2 Å². The second-order valence-electron chi connectivity index (χ2n) is 10.1. The van der Waals surface area contributed by atoms with Crippen molar-refractivity contribution in [2.24, 2.45) is 5.92 Å². The van der Waals surface area contributed by atoms with E-state index in [0.29, 0.717) is 11.5 Å². The Morgan fingerprint density at radius 1 is 1.18 bits per heavy atom. The average molecular weight is 573 g/mol. The van der Waals surface area contributed by atoms with Crippen molar-refractivity contribution in [3.63, 3.8) is 0 Å². The van der Waals surface area contributed by atoms with Crippen molar-refractivity contribution in [1.82, 2.24) is 19.5 Å².